The highest BCUT2D eigenvalue weighted by Crippen LogP contribution is 2.29. The van der Waals surface area contributed by atoms with Gasteiger partial charge in [0.1, 0.15) is 0 Å². The molecule has 27 heavy (non-hydrogen) atoms. The Balaban J connectivity index is 1.87. The van der Waals surface area contributed by atoms with Gasteiger partial charge in [-0.25, -0.2) is 0 Å². The molecule has 0 heterocycles. The van der Waals surface area contributed by atoms with Gasteiger partial charge in [0.15, 0.2) is 11.5 Å². The minimum Gasteiger partial charge on any atom is -0.493 e. The van der Waals surface area contributed by atoms with Crippen LogP contribution >= 0.6 is 11.6 Å². The van der Waals surface area contributed by atoms with Gasteiger partial charge in [0.2, 0.25) is 5.91 Å². The summed E-state index contributed by atoms with van der Waals surface area (Å²) in [6, 6.07) is 11.8. The third-order valence-corrected chi connectivity index (χ3v) is 4.09. The van der Waals surface area contributed by atoms with Crippen LogP contribution in [0.1, 0.15) is 12.0 Å². The summed E-state index contributed by atoms with van der Waals surface area (Å²) in [6.45, 7) is -1.89. The summed E-state index contributed by atoms with van der Waals surface area (Å²) in [5.74, 6) is 0.0731. The van der Waals surface area contributed by atoms with Crippen LogP contribution in [-0.4, -0.2) is 38.1 Å². The molecule has 1 N–H and O–H groups in total. The molecule has 0 spiro atoms. The van der Waals surface area contributed by atoms with Crippen LogP contribution in [-0.2, 0) is 11.3 Å². The van der Waals surface area contributed by atoms with Gasteiger partial charge in [-0.2, -0.15) is 8.78 Å². The van der Waals surface area contributed by atoms with Crippen molar-refractivity contribution in [3.8, 4) is 11.5 Å². The minimum absolute atomic E-state index is 0.0157. The van der Waals surface area contributed by atoms with Crippen molar-refractivity contribution in [2.45, 2.75) is 19.6 Å². The highest BCUT2D eigenvalue weighted by molar-refractivity contribution is 6.33. The third-order valence-electron chi connectivity index (χ3n) is 3.77. The first-order valence-corrected chi connectivity index (χ1v) is 8.61. The Morgan fingerprint density at radius 3 is 2.63 bits per heavy atom. The molecule has 0 bridgehead atoms. The van der Waals surface area contributed by atoms with Gasteiger partial charge >= 0.3 is 6.61 Å². The number of alkyl halides is 2. The number of halogens is 3. The van der Waals surface area contributed by atoms with Crippen LogP contribution in [0.4, 0.5) is 14.5 Å². The summed E-state index contributed by atoms with van der Waals surface area (Å²) >= 11 is 6.02. The number of anilines is 1. The number of carbonyl (C=O) groups is 1. The number of para-hydroxylation sites is 1. The van der Waals surface area contributed by atoms with Crippen LogP contribution in [0.3, 0.4) is 0 Å². The zero-order valence-corrected chi connectivity index (χ0v) is 15.8. The van der Waals surface area contributed by atoms with E-state index >= 15 is 0 Å². The van der Waals surface area contributed by atoms with Gasteiger partial charge < -0.3 is 19.7 Å². The molecule has 0 aromatic heterocycles. The summed E-state index contributed by atoms with van der Waals surface area (Å²) in [7, 11) is 3.25. The number of nitrogens with zero attached hydrogens (tertiary/aromatic N) is 1. The molecule has 0 fully saturated rings. The lowest BCUT2D eigenvalue weighted by Gasteiger charge is -2.18. The Bertz CT molecular complexity index is 774. The smallest absolute Gasteiger partial charge is 0.387 e. The van der Waals surface area contributed by atoms with Gasteiger partial charge in [-0.1, -0.05) is 29.8 Å². The fraction of sp³-hybridized carbons (Fsp3) is 0.316. The molecule has 0 saturated carbocycles. The number of nitrogens with one attached hydrogen (secondary N) is 1. The lowest BCUT2D eigenvalue weighted by atomic mass is 10.2. The maximum Gasteiger partial charge on any atom is 0.387 e. The summed E-state index contributed by atoms with van der Waals surface area (Å²) in [5.41, 5.74) is 1.42. The van der Waals surface area contributed by atoms with Crippen LogP contribution in [0, 0.1) is 0 Å². The predicted octanol–water partition coefficient (Wildman–Crippen LogP) is 4.41. The number of rotatable bonds is 9. The van der Waals surface area contributed by atoms with E-state index in [1.54, 1.807) is 36.4 Å². The first-order valence-electron chi connectivity index (χ1n) is 8.23. The van der Waals surface area contributed by atoms with Gasteiger partial charge in [0, 0.05) is 19.5 Å². The van der Waals surface area contributed by atoms with E-state index in [9.17, 15) is 13.6 Å². The Labute approximate surface area is 161 Å². The van der Waals surface area contributed by atoms with Gasteiger partial charge in [-0.3, -0.25) is 4.79 Å². The summed E-state index contributed by atoms with van der Waals surface area (Å²) in [6.07, 6.45) is 0.283. The number of carbonyl (C=O) groups excluding carboxylic acids is 1. The van der Waals surface area contributed by atoms with Crippen molar-refractivity contribution >= 4 is 23.2 Å². The second kappa shape index (κ2) is 10.1. The van der Waals surface area contributed by atoms with E-state index < -0.39 is 6.61 Å². The van der Waals surface area contributed by atoms with Crippen LogP contribution in [0.25, 0.3) is 0 Å². The molecule has 0 radical (unpaired) electrons. The average molecular weight is 399 g/mol. The Kier molecular flexibility index (Phi) is 7.82. The Morgan fingerprint density at radius 1 is 1.22 bits per heavy atom. The number of hydrogen-bond acceptors (Lipinski definition) is 4. The second-order valence-corrected chi connectivity index (χ2v) is 6.29. The SMILES string of the molecule is COc1cc(CN(C)CCC(=O)Nc2ccccc2Cl)ccc1OC(F)F. The summed E-state index contributed by atoms with van der Waals surface area (Å²) in [5, 5.41) is 3.25. The predicted molar refractivity (Wildman–Crippen MR) is 101 cm³/mol. The standard InChI is InChI=1S/C19H21ClF2N2O3/c1-24(10-9-18(25)23-15-6-4-3-5-14(15)20)12-13-7-8-16(27-19(21)22)17(11-13)26-2/h3-8,11,19H,9-10,12H2,1-2H3,(H,23,25). The number of amides is 1. The molecule has 2 aromatic rings. The molecule has 0 atom stereocenters. The largest absolute Gasteiger partial charge is 0.493 e. The summed E-state index contributed by atoms with van der Waals surface area (Å²) in [4.78, 5) is 14.0. The number of ether oxygens (including phenoxy) is 2. The quantitative estimate of drug-likeness (QED) is 0.679. The van der Waals surface area contributed by atoms with Crippen LogP contribution in [0.2, 0.25) is 5.02 Å². The maximum atomic E-state index is 12.4. The lowest BCUT2D eigenvalue weighted by Crippen LogP contribution is -2.24. The molecule has 0 aliphatic heterocycles. The van der Waals surface area contributed by atoms with E-state index in [0.29, 0.717) is 23.8 Å². The number of benzene rings is 2. The maximum absolute atomic E-state index is 12.4. The molecule has 2 rings (SSSR count). The zero-order valence-electron chi connectivity index (χ0n) is 15.0. The van der Waals surface area contributed by atoms with E-state index in [4.69, 9.17) is 16.3 Å². The Hall–Kier alpha value is -2.38. The van der Waals surface area contributed by atoms with Gasteiger partial charge in [-0.15, -0.1) is 0 Å². The van der Waals surface area contributed by atoms with Gasteiger partial charge in [0.05, 0.1) is 17.8 Å². The van der Waals surface area contributed by atoms with Crippen LogP contribution in [0.15, 0.2) is 42.5 Å². The highest BCUT2D eigenvalue weighted by Gasteiger charge is 2.12. The molecule has 146 valence electrons. The van der Waals surface area contributed by atoms with Crippen molar-refractivity contribution in [3.63, 3.8) is 0 Å². The molecule has 1 amide bonds. The lowest BCUT2D eigenvalue weighted by molar-refractivity contribution is -0.116. The minimum atomic E-state index is -2.91. The van der Waals surface area contributed by atoms with Crippen molar-refractivity contribution in [2.24, 2.45) is 0 Å². The molecule has 0 aliphatic carbocycles. The van der Waals surface area contributed by atoms with Crippen molar-refractivity contribution in [3.05, 3.63) is 53.1 Å². The van der Waals surface area contributed by atoms with Gasteiger partial charge in [-0.05, 0) is 36.9 Å². The van der Waals surface area contributed by atoms with E-state index in [2.05, 4.69) is 10.1 Å². The number of methoxy groups -OCH3 is 1. The number of hydrogen-bond donors (Lipinski definition) is 1. The Morgan fingerprint density at radius 2 is 1.96 bits per heavy atom. The third kappa shape index (κ3) is 6.69. The highest BCUT2D eigenvalue weighted by atomic mass is 35.5. The first kappa shape index (κ1) is 20.9. The molecule has 0 saturated heterocycles. The van der Waals surface area contributed by atoms with Crippen molar-refractivity contribution in [1.82, 2.24) is 4.90 Å². The van der Waals surface area contributed by atoms with Crippen LogP contribution < -0.4 is 14.8 Å². The van der Waals surface area contributed by atoms with Crippen LogP contribution in [0.5, 0.6) is 11.5 Å². The van der Waals surface area contributed by atoms with E-state index in [-0.39, 0.29) is 23.8 Å². The topological polar surface area (TPSA) is 50.8 Å². The molecular formula is C19H21ClF2N2O3. The van der Waals surface area contributed by atoms with Crippen molar-refractivity contribution < 1.29 is 23.0 Å². The molecule has 0 unspecified atom stereocenters. The average Bonchev–Trinajstić information content (AvgIpc) is 2.63. The molecular weight excluding hydrogens is 378 g/mol. The van der Waals surface area contributed by atoms with Gasteiger partial charge in [0.25, 0.3) is 0 Å². The molecule has 2 aromatic carbocycles. The molecule has 0 aliphatic rings. The monoisotopic (exact) mass is 398 g/mol. The fourth-order valence-corrected chi connectivity index (χ4v) is 2.65. The van der Waals surface area contributed by atoms with Crippen molar-refractivity contribution in [1.29, 1.82) is 0 Å². The molecule has 5 nitrogen and oxygen atoms in total. The first-order chi connectivity index (χ1) is 12.9. The fourth-order valence-electron chi connectivity index (χ4n) is 2.46. The normalized spacial score (nSPS) is 10.9. The van der Waals surface area contributed by atoms with E-state index in [1.165, 1.54) is 13.2 Å². The second-order valence-electron chi connectivity index (χ2n) is 5.88. The van der Waals surface area contributed by atoms with E-state index in [0.717, 1.165) is 5.56 Å². The summed E-state index contributed by atoms with van der Waals surface area (Å²) < 4.78 is 34.2. The molecule has 8 heteroatoms. The zero-order chi connectivity index (χ0) is 19.8. The van der Waals surface area contributed by atoms with E-state index in [1.807, 2.05) is 11.9 Å². The van der Waals surface area contributed by atoms with Crippen molar-refractivity contribution in [2.75, 3.05) is 26.0 Å².